The van der Waals surface area contributed by atoms with Crippen molar-refractivity contribution in [3.63, 3.8) is 0 Å². The molecule has 1 aromatic rings. The molecule has 25 heavy (non-hydrogen) atoms. The zero-order valence-corrected chi connectivity index (χ0v) is 16.0. The largest absolute Gasteiger partial charge is 0.376 e. The standard InChI is InChI=1S/C20H30N2O3/c1-14(2)13-25-15-10-11-22(12-15)18(23)16-8-6-7-9-17(16)21-19(24)20(3,4)5/h6-9,14-15H,10-13H2,1-5H3,(H,21,24)/t15-/m0/s1. The minimum Gasteiger partial charge on any atom is -0.376 e. The molecule has 0 unspecified atom stereocenters. The van der Waals surface area contributed by atoms with E-state index >= 15 is 0 Å². The molecular formula is C20H30N2O3. The predicted octanol–water partition coefficient (Wildman–Crippen LogP) is 3.56. The SMILES string of the molecule is CC(C)CO[C@H]1CCN(C(=O)c2ccccc2NC(=O)C(C)(C)C)C1. The highest BCUT2D eigenvalue weighted by atomic mass is 16.5. The van der Waals surface area contributed by atoms with Crippen molar-refractivity contribution < 1.29 is 14.3 Å². The van der Waals surface area contributed by atoms with E-state index in [2.05, 4.69) is 19.2 Å². The molecule has 1 saturated heterocycles. The number of ether oxygens (including phenoxy) is 1. The molecule has 0 saturated carbocycles. The van der Waals surface area contributed by atoms with Crippen LogP contribution in [-0.2, 0) is 9.53 Å². The van der Waals surface area contributed by atoms with Crippen molar-refractivity contribution in [2.24, 2.45) is 11.3 Å². The number of likely N-dealkylation sites (tertiary alicyclic amines) is 1. The van der Waals surface area contributed by atoms with Gasteiger partial charge in [-0.05, 0) is 24.5 Å². The van der Waals surface area contributed by atoms with Gasteiger partial charge in [0.05, 0.1) is 17.4 Å². The number of carbonyl (C=O) groups is 2. The van der Waals surface area contributed by atoms with Gasteiger partial charge < -0.3 is 15.0 Å². The van der Waals surface area contributed by atoms with Crippen molar-refractivity contribution in [3.05, 3.63) is 29.8 Å². The lowest BCUT2D eigenvalue weighted by Gasteiger charge is -2.21. The van der Waals surface area contributed by atoms with E-state index in [4.69, 9.17) is 4.74 Å². The summed E-state index contributed by atoms with van der Waals surface area (Å²) in [7, 11) is 0. The topological polar surface area (TPSA) is 58.6 Å². The van der Waals surface area contributed by atoms with Crippen LogP contribution in [0.1, 0.15) is 51.4 Å². The summed E-state index contributed by atoms with van der Waals surface area (Å²) < 4.78 is 5.86. The van der Waals surface area contributed by atoms with Gasteiger partial charge in [0.2, 0.25) is 5.91 Å². The molecule has 1 atom stereocenters. The molecule has 138 valence electrons. The molecule has 2 rings (SSSR count). The van der Waals surface area contributed by atoms with Crippen LogP contribution < -0.4 is 5.32 Å². The Hall–Kier alpha value is -1.88. The Morgan fingerprint density at radius 2 is 1.96 bits per heavy atom. The third-order valence-corrected chi connectivity index (χ3v) is 4.18. The Morgan fingerprint density at radius 1 is 1.28 bits per heavy atom. The summed E-state index contributed by atoms with van der Waals surface area (Å²) in [4.78, 5) is 27.0. The number of carbonyl (C=O) groups excluding carboxylic acids is 2. The number of rotatable bonds is 5. The molecule has 1 aliphatic rings. The molecule has 0 radical (unpaired) electrons. The van der Waals surface area contributed by atoms with Crippen LogP contribution in [0, 0.1) is 11.3 Å². The third-order valence-electron chi connectivity index (χ3n) is 4.18. The molecule has 1 fully saturated rings. The smallest absolute Gasteiger partial charge is 0.256 e. The number of para-hydroxylation sites is 1. The predicted molar refractivity (Wildman–Crippen MR) is 99.6 cm³/mol. The molecule has 1 N–H and O–H groups in total. The molecule has 0 bridgehead atoms. The maximum atomic E-state index is 12.9. The number of nitrogens with one attached hydrogen (secondary N) is 1. The average molecular weight is 346 g/mol. The van der Waals surface area contributed by atoms with Crippen molar-refractivity contribution in [1.82, 2.24) is 4.90 Å². The Bertz CT molecular complexity index is 620. The molecule has 0 aromatic heterocycles. The lowest BCUT2D eigenvalue weighted by molar-refractivity contribution is -0.123. The van der Waals surface area contributed by atoms with E-state index in [0.717, 1.165) is 6.42 Å². The zero-order chi connectivity index (χ0) is 18.6. The molecule has 2 amide bonds. The molecule has 0 spiro atoms. The van der Waals surface area contributed by atoms with Gasteiger partial charge in [0.1, 0.15) is 0 Å². The van der Waals surface area contributed by atoms with Crippen molar-refractivity contribution in [2.45, 2.75) is 47.1 Å². The molecule has 1 heterocycles. The fraction of sp³-hybridized carbons (Fsp3) is 0.600. The maximum absolute atomic E-state index is 12.9. The lowest BCUT2D eigenvalue weighted by atomic mass is 9.95. The van der Waals surface area contributed by atoms with Crippen LogP contribution in [-0.4, -0.2) is 42.5 Å². The number of hydrogen-bond donors (Lipinski definition) is 1. The summed E-state index contributed by atoms with van der Waals surface area (Å²) >= 11 is 0. The van der Waals surface area contributed by atoms with Gasteiger partial charge in [0.15, 0.2) is 0 Å². The number of amides is 2. The van der Waals surface area contributed by atoms with Crippen LogP contribution in [0.4, 0.5) is 5.69 Å². The van der Waals surface area contributed by atoms with Gasteiger partial charge in [-0.2, -0.15) is 0 Å². The number of anilines is 1. The van der Waals surface area contributed by atoms with E-state index in [0.29, 0.717) is 36.9 Å². The van der Waals surface area contributed by atoms with E-state index in [-0.39, 0.29) is 17.9 Å². The zero-order valence-electron chi connectivity index (χ0n) is 16.0. The van der Waals surface area contributed by atoms with Crippen LogP contribution in [0.25, 0.3) is 0 Å². The Morgan fingerprint density at radius 3 is 2.60 bits per heavy atom. The third kappa shape index (κ3) is 5.30. The molecule has 5 heteroatoms. The first kappa shape index (κ1) is 19.4. The monoisotopic (exact) mass is 346 g/mol. The number of nitrogens with zero attached hydrogens (tertiary/aromatic N) is 1. The van der Waals surface area contributed by atoms with Gasteiger partial charge in [-0.3, -0.25) is 9.59 Å². The number of hydrogen-bond acceptors (Lipinski definition) is 3. The van der Waals surface area contributed by atoms with E-state index in [1.54, 1.807) is 12.1 Å². The number of benzene rings is 1. The van der Waals surface area contributed by atoms with Crippen LogP contribution >= 0.6 is 0 Å². The van der Waals surface area contributed by atoms with Gasteiger partial charge in [0, 0.05) is 25.1 Å². The first-order chi connectivity index (χ1) is 11.7. The van der Waals surface area contributed by atoms with E-state index in [9.17, 15) is 9.59 Å². The lowest BCUT2D eigenvalue weighted by Crippen LogP contribution is -2.32. The molecule has 5 nitrogen and oxygen atoms in total. The minimum atomic E-state index is -0.514. The highest BCUT2D eigenvalue weighted by Gasteiger charge is 2.29. The highest BCUT2D eigenvalue weighted by Crippen LogP contribution is 2.24. The van der Waals surface area contributed by atoms with Gasteiger partial charge in [-0.15, -0.1) is 0 Å². The van der Waals surface area contributed by atoms with Crippen molar-refractivity contribution in [3.8, 4) is 0 Å². The van der Waals surface area contributed by atoms with E-state index in [1.165, 1.54) is 0 Å². The van der Waals surface area contributed by atoms with Crippen molar-refractivity contribution in [2.75, 3.05) is 25.0 Å². The second-order valence-corrected chi connectivity index (χ2v) is 8.14. The van der Waals surface area contributed by atoms with E-state index < -0.39 is 5.41 Å². The molecule has 0 aliphatic carbocycles. The summed E-state index contributed by atoms with van der Waals surface area (Å²) in [5.41, 5.74) is 0.586. The van der Waals surface area contributed by atoms with Crippen LogP contribution in [0.3, 0.4) is 0 Å². The fourth-order valence-corrected chi connectivity index (χ4v) is 2.64. The normalized spacial score (nSPS) is 17.8. The second kappa shape index (κ2) is 8.00. The van der Waals surface area contributed by atoms with Crippen LogP contribution in [0.2, 0.25) is 0 Å². The molecular weight excluding hydrogens is 316 g/mol. The highest BCUT2D eigenvalue weighted by molar-refractivity contribution is 6.04. The van der Waals surface area contributed by atoms with Crippen LogP contribution in [0.15, 0.2) is 24.3 Å². The summed E-state index contributed by atoms with van der Waals surface area (Å²) in [5, 5.41) is 2.89. The van der Waals surface area contributed by atoms with Gasteiger partial charge in [-0.1, -0.05) is 46.8 Å². The molecule has 1 aliphatic heterocycles. The summed E-state index contributed by atoms with van der Waals surface area (Å²) in [6.07, 6.45) is 0.956. The summed E-state index contributed by atoms with van der Waals surface area (Å²) in [6.45, 7) is 11.8. The fourth-order valence-electron chi connectivity index (χ4n) is 2.64. The Labute approximate surface area is 150 Å². The second-order valence-electron chi connectivity index (χ2n) is 8.14. The Balaban J connectivity index is 2.06. The van der Waals surface area contributed by atoms with Gasteiger partial charge in [0.25, 0.3) is 5.91 Å². The maximum Gasteiger partial charge on any atom is 0.256 e. The van der Waals surface area contributed by atoms with Crippen molar-refractivity contribution in [1.29, 1.82) is 0 Å². The minimum absolute atomic E-state index is 0.0551. The van der Waals surface area contributed by atoms with Crippen molar-refractivity contribution >= 4 is 17.5 Å². The Kier molecular flexibility index (Phi) is 6.22. The molecule has 1 aromatic carbocycles. The van der Waals surface area contributed by atoms with Gasteiger partial charge >= 0.3 is 0 Å². The summed E-state index contributed by atoms with van der Waals surface area (Å²) in [6, 6.07) is 7.19. The van der Waals surface area contributed by atoms with Crippen LogP contribution in [0.5, 0.6) is 0 Å². The first-order valence-electron chi connectivity index (χ1n) is 9.00. The van der Waals surface area contributed by atoms with E-state index in [1.807, 2.05) is 37.8 Å². The summed E-state index contributed by atoms with van der Waals surface area (Å²) in [5.74, 6) is 0.325. The van der Waals surface area contributed by atoms with Gasteiger partial charge in [-0.25, -0.2) is 0 Å². The first-order valence-corrected chi connectivity index (χ1v) is 9.00. The quantitative estimate of drug-likeness (QED) is 0.887. The average Bonchev–Trinajstić information content (AvgIpc) is 3.01.